The summed E-state index contributed by atoms with van der Waals surface area (Å²) >= 11 is 1.86. The average Bonchev–Trinajstić information content (AvgIpc) is 3.03. The van der Waals surface area contributed by atoms with Gasteiger partial charge < -0.3 is 14.4 Å². The van der Waals surface area contributed by atoms with E-state index in [4.69, 9.17) is 4.74 Å². The highest BCUT2D eigenvalue weighted by Crippen LogP contribution is 2.34. The molecule has 0 aliphatic carbocycles. The number of rotatable bonds is 10. The summed E-state index contributed by atoms with van der Waals surface area (Å²) in [6, 6.07) is 20.2. The molecular formula is C24H29NO3S. The first-order chi connectivity index (χ1) is 14.1. The van der Waals surface area contributed by atoms with Gasteiger partial charge in [0.2, 0.25) is 0 Å². The second-order valence-corrected chi connectivity index (χ2v) is 8.85. The number of nitrogens with zero attached hydrogens (tertiary/aromatic N) is 1. The lowest BCUT2D eigenvalue weighted by molar-refractivity contribution is -0.111. The van der Waals surface area contributed by atoms with Gasteiger partial charge in [0.15, 0.2) is 0 Å². The highest BCUT2D eigenvalue weighted by Gasteiger charge is 2.40. The van der Waals surface area contributed by atoms with Crippen molar-refractivity contribution in [3.05, 3.63) is 71.8 Å². The molecule has 1 amide bonds. The van der Waals surface area contributed by atoms with Gasteiger partial charge in [-0.3, -0.25) is 0 Å². The van der Waals surface area contributed by atoms with Gasteiger partial charge in [0.25, 0.3) is 0 Å². The summed E-state index contributed by atoms with van der Waals surface area (Å²) in [7, 11) is 0. The highest BCUT2D eigenvalue weighted by molar-refractivity contribution is 7.98. The summed E-state index contributed by atoms with van der Waals surface area (Å²) in [4.78, 5) is 25.6. The van der Waals surface area contributed by atoms with Crippen molar-refractivity contribution in [1.82, 2.24) is 4.90 Å². The molecule has 3 rings (SSSR count). The summed E-state index contributed by atoms with van der Waals surface area (Å²) in [5.74, 6) is 2.06. The van der Waals surface area contributed by atoms with Gasteiger partial charge in [-0.05, 0) is 36.1 Å². The number of carbonyl (C=O) groups is 2. The van der Waals surface area contributed by atoms with Crippen LogP contribution in [-0.4, -0.2) is 35.6 Å². The Hall–Kier alpha value is -2.27. The minimum atomic E-state index is -0.261. The van der Waals surface area contributed by atoms with Gasteiger partial charge in [0.05, 0.1) is 6.04 Å². The van der Waals surface area contributed by atoms with Crippen LogP contribution in [0.2, 0.25) is 0 Å². The maximum atomic E-state index is 12.6. The molecule has 0 aromatic heterocycles. The van der Waals surface area contributed by atoms with E-state index in [0.29, 0.717) is 6.54 Å². The average molecular weight is 412 g/mol. The van der Waals surface area contributed by atoms with Crippen LogP contribution < -0.4 is 0 Å². The lowest BCUT2D eigenvalue weighted by atomic mass is 9.96. The van der Waals surface area contributed by atoms with E-state index in [0.717, 1.165) is 29.8 Å². The first-order valence-corrected chi connectivity index (χ1v) is 11.3. The largest absolute Gasteiger partial charge is 0.439 e. The zero-order chi connectivity index (χ0) is 20.6. The van der Waals surface area contributed by atoms with E-state index in [2.05, 4.69) is 12.1 Å². The summed E-state index contributed by atoms with van der Waals surface area (Å²) < 4.78 is 5.69. The fraction of sp³-hybridized carbons (Fsp3) is 0.417. The first kappa shape index (κ1) is 21.4. The number of amides is 1. The van der Waals surface area contributed by atoms with Gasteiger partial charge >= 0.3 is 6.09 Å². The summed E-state index contributed by atoms with van der Waals surface area (Å²) in [6.45, 7) is 4.60. The fourth-order valence-corrected chi connectivity index (χ4v) is 4.93. The van der Waals surface area contributed by atoms with Crippen LogP contribution in [0.15, 0.2) is 60.7 Å². The Kier molecular flexibility index (Phi) is 7.76. The second-order valence-electron chi connectivity index (χ2n) is 7.82. The highest BCUT2D eigenvalue weighted by atomic mass is 32.2. The second kappa shape index (κ2) is 10.5. The summed E-state index contributed by atoms with van der Waals surface area (Å²) in [6.07, 6.45) is 1.28. The van der Waals surface area contributed by atoms with Gasteiger partial charge in [-0.1, -0.05) is 67.6 Å². The van der Waals surface area contributed by atoms with E-state index in [1.807, 2.05) is 79.0 Å². The molecule has 0 bridgehead atoms. The Morgan fingerprint density at radius 3 is 2.41 bits per heavy atom. The van der Waals surface area contributed by atoms with Crippen LogP contribution in [-0.2, 0) is 15.3 Å². The van der Waals surface area contributed by atoms with Crippen LogP contribution >= 0.6 is 11.8 Å². The Morgan fingerprint density at radius 2 is 1.76 bits per heavy atom. The molecule has 0 radical (unpaired) electrons. The molecule has 1 aliphatic heterocycles. The Bertz CT molecular complexity index is 783. The van der Waals surface area contributed by atoms with Crippen molar-refractivity contribution < 1.29 is 14.3 Å². The van der Waals surface area contributed by atoms with Crippen molar-refractivity contribution >= 4 is 24.1 Å². The molecule has 1 fully saturated rings. The maximum Gasteiger partial charge on any atom is 0.410 e. The fourth-order valence-electron chi connectivity index (χ4n) is 3.81. The van der Waals surface area contributed by atoms with Crippen molar-refractivity contribution in [3.63, 3.8) is 0 Å². The predicted molar refractivity (Wildman–Crippen MR) is 118 cm³/mol. The molecule has 0 N–H and O–H groups in total. The minimum Gasteiger partial charge on any atom is -0.439 e. The van der Waals surface area contributed by atoms with Crippen LogP contribution in [0.25, 0.3) is 0 Å². The molecular weight excluding hydrogens is 382 g/mol. The zero-order valence-corrected chi connectivity index (χ0v) is 17.9. The van der Waals surface area contributed by atoms with Gasteiger partial charge in [-0.15, -0.1) is 0 Å². The van der Waals surface area contributed by atoms with Crippen LogP contribution in [0.4, 0.5) is 4.79 Å². The molecule has 1 heterocycles. The first-order valence-electron chi connectivity index (χ1n) is 10.2. The number of aldehydes is 1. The molecule has 1 aliphatic rings. The third kappa shape index (κ3) is 5.86. The van der Waals surface area contributed by atoms with Gasteiger partial charge in [0, 0.05) is 18.2 Å². The normalized spacial score (nSPS) is 20.9. The molecule has 4 atom stereocenters. The maximum absolute atomic E-state index is 12.6. The third-order valence-electron chi connectivity index (χ3n) is 5.38. The number of cyclic esters (lactones) is 1. The Morgan fingerprint density at radius 1 is 1.10 bits per heavy atom. The number of carbonyl (C=O) groups excluding carboxylic acids is 2. The zero-order valence-electron chi connectivity index (χ0n) is 17.1. The molecule has 2 aromatic carbocycles. The van der Waals surface area contributed by atoms with Gasteiger partial charge in [-0.25, -0.2) is 4.79 Å². The Labute approximate surface area is 177 Å². The predicted octanol–water partition coefficient (Wildman–Crippen LogP) is 5.34. The minimum absolute atomic E-state index is 0.0174. The van der Waals surface area contributed by atoms with E-state index in [9.17, 15) is 9.59 Å². The number of ether oxygens (including phenoxy) is 1. The third-order valence-corrected chi connectivity index (χ3v) is 6.62. The quantitative estimate of drug-likeness (QED) is 0.495. The molecule has 2 aromatic rings. The van der Waals surface area contributed by atoms with Crippen molar-refractivity contribution in [2.45, 2.75) is 38.2 Å². The molecule has 0 spiro atoms. The molecule has 1 unspecified atom stereocenters. The lowest BCUT2D eigenvalue weighted by Gasteiger charge is -2.27. The Balaban J connectivity index is 1.63. The smallest absolute Gasteiger partial charge is 0.410 e. The van der Waals surface area contributed by atoms with Crippen molar-refractivity contribution in [1.29, 1.82) is 0 Å². The van der Waals surface area contributed by atoms with Crippen molar-refractivity contribution in [2.75, 3.05) is 12.3 Å². The lowest BCUT2D eigenvalue weighted by Crippen LogP contribution is -2.37. The van der Waals surface area contributed by atoms with Crippen LogP contribution in [0.1, 0.15) is 37.5 Å². The molecule has 0 saturated carbocycles. The van der Waals surface area contributed by atoms with Crippen LogP contribution in [0.5, 0.6) is 0 Å². The number of hydrogen-bond donors (Lipinski definition) is 0. The molecule has 4 nitrogen and oxygen atoms in total. The van der Waals surface area contributed by atoms with Crippen LogP contribution in [0.3, 0.4) is 0 Å². The summed E-state index contributed by atoms with van der Waals surface area (Å²) in [5, 5.41) is 0. The van der Waals surface area contributed by atoms with E-state index in [1.165, 1.54) is 5.56 Å². The molecule has 1 saturated heterocycles. The van der Waals surface area contributed by atoms with E-state index in [1.54, 1.807) is 0 Å². The number of thioether (sulfide) groups is 1. The molecule has 154 valence electrons. The van der Waals surface area contributed by atoms with Crippen molar-refractivity contribution in [2.24, 2.45) is 11.8 Å². The molecule has 5 heteroatoms. The van der Waals surface area contributed by atoms with Crippen molar-refractivity contribution in [3.8, 4) is 0 Å². The van der Waals surface area contributed by atoms with E-state index in [-0.39, 0.29) is 30.1 Å². The molecule has 29 heavy (non-hydrogen) atoms. The SMILES string of the molecule is CC(C=O)C[C@@H](CSCc1ccccc1)CN1C(=O)O[C@H](c2ccccc2)[C@H]1C. The number of hydrogen-bond acceptors (Lipinski definition) is 4. The topological polar surface area (TPSA) is 46.6 Å². The van der Waals surface area contributed by atoms with Gasteiger partial charge in [0.1, 0.15) is 12.4 Å². The summed E-state index contributed by atoms with van der Waals surface area (Å²) in [5.41, 5.74) is 2.31. The standard InChI is InChI=1S/C24H29NO3S/c1-18(15-26)13-21(17-29-16-20-9-5-3-6-10-20)14-25-19(2)23(28-24(25)27)22-11-7-4-8-12-22/h3-12,15,18-19,21,23H,13-14,16-17H2,1-2H3/t18?,19-,21-,23+/m1/s1. The van der Waals surface area contributed by atoms with E-state index < -0.39 is 0 Å². The monoisotopic (exact) mass is 411 g/mol. The number of benzene rings is 2. The van der Waals surface area contributed by atoms with Crippen LogP contribution in [0, 0.1) is 11.8 Å². The van der Waals surface area contributed by atoms with E-state index >= 15 is 0 Å². The van der Waals surface area contributed by atoms with Gasteiger partial charge in [-0.2, -0.15) is 11.8 Å².